The van der Waals surface area contributed by atoms with Crippen molar-refractivity contribution in [2.75, 3.05) is 0 Å². The van der Waals surface area contributed by atoms with Crippen LogP contribution < -0.4 is 0 Å². The molecule has 15 heavy (non-hydrogen) atoms. The Morgan fingerprint density at radius 2 is 1.47 bits per heavy atom. The van der Waals surface area contributed by atoms with Gasteiger partial charge >= 0.3 is 0 Å². The number of halogens is 2. The monoisotopic (exact) mass is 236 g/mol. The van der Waals surface area contributed by atoms with Crippen molar-refractivity contribution >= 4 is 23.2 Å². The molecule has 0 bridgehead atoms. The van der Waals surface area contributed by atoms with Crippen molar-refractivity contribution in [2.24, 2.45) is 0 Å². The summed E-state index contributed by atoms with van der Waals surface area (Å²) in [7, 11) is 0. The molecule has 76 valence electrons. The summed E-state index contributed by atoms with van der Waals surface area (Å²) in [5, 5.41) is 1.50. The number of hydrogen-bond donors (Lipinski definition) is 0. The van der Waals surface area contributed by atoms with Crippen LogP contribution in [0.5, 0.6) is 0 Å². The predicted molar refractivity (Wildman–Crippen MR) is 66.6 cm³/mol. The van der Waals surface area contributed by atoms with Gasteiger partial charge in [0.05, 0.1) is 5.02 Å². The fraction of sp³-hybridized carbons (Fsp3) is 0.0769. The molecule has 0 amide bonds. The van der Waals surface area contributed by atoms with Crippen LogP contribution in [0.4, 0.5) is 0 Å². The molecule has 0 fully saturated rings. The first kappa shape index (κ1) is 10.5. The topological polar surface area (TPSA) is 0 Å². The third-order valence-corrected chi connectivity index (χ3v) is 3.19. The Bertz CT molecular complexity index is 490. The van der Waals surface area contributed by atoms with Gasteiger partial charge in [-0.3, -0.25) is 0 Å². The first-order valence-corrected chi connectivity index (χ1v) is 5.46. The Morgan fingerprint density at radius 3 is 2.20 bits per heavy atom. The van der Waals surface area contributed by atoms with Crippen LogP contribution in [0.3, 0.4) is 0 Å². The number of aryl methyl sites for hydroxylation is 1. The highest BCUT2D eigenvalue weighted by Crippen LogP contribution is 2.34. The zero-order valence-corrected chi connectivity index (χ0v) is 9.81. The third kappa shape index (κ3) is 2.01. The maximum absolute atomic E-state index is 6.24. The summed E-state index contributed by atoms with van der Waals surface area (Å²) in [6.45, 7) is 1.99. The summed E-state index contributed by atoms with van der Waals surface area (Å²) in [5.41, 5.74) is 3.03. The van der Waals surface area contributed by atoms with Crippen LogP contribution in [0.1, 0.15) is 5.56 Å². The second kappa shape index (κ2) is 4.26. The minimum absolute atomic E-state index is 0.727. The molecule has 0 nitrogen and oxygen atoms in total. The zero-order chi connectivity index (χ0) is 10.8. The van der Waals surface area contributed by atoms with Gasteiger partial charge in [-0.15, -0.1) is 0 Å². The molecule has 0 heterocycles. The van der Waals surface area contributed by atoms with E-state index < -0.39 is 0 Å². The summed E-state index contributed by atoms with van der Waals surface area (Å²) < 4.78 is 0. The van der Waals surface area contributed by atoms with Gasteiger partial charge in [-0.1, -0.05) is 59.6 Å². The highest BCUT2D eigenvalue weighted by molar-refractivity contribution is 6.36. The Balaban J connectivity index is 2.65. The maximum Gasteiger partial charge on any atom is 0.0514 e. The molecule has 2 aromatic rings. The van der Waals surface area contributed by atoms with Crippen molar-refractivity contribution in [1.29, 1.82) is 0 Å². The van der Waals surface area contributed by atoms with E-state index in [1.165, 1.54) is 0 Å². The molecule has 0 unspecified atom stereocenters. The van der Waals surface area contributed by atoms with Crippen LogP contribution in [0.15, 0.2) is 42.5 Å². The molecule has 0 aliphatic carbocycles. The van der Waals surface area contributed by atoms with Crippen LogP contribution >= 0.6 is 23.2 Å². The molecule has 0 N–H and O–H groups in total. The van der Waals surface area contributed by atoms with Crippen molar-refractivity contribution in [1.82, 2.24) is 0 Å². The molecule has 2 rings (SSSR count). The SMILES string of the molecule is Cc1cccc(-c2ccccc2Cl)c1Cl. The second-order valence-electron chi connectivity index (χ2n) is 3.42. The van der Waals surface area contributed by atoms with Crippen LogP contribution in [0.2, 0.25) is 10.0 Å². The molecule has 2 aromatic carbocycles. The van der Waals surface area contributed by atoms with Crippen LogP contribution in [0, 0.1) is 6.92 Å². The zero-order valence-electron chi connectivity index (χ0n) is 8.30. The molecule has 0 aromatic heterocycles. The van der Waals surface area contributed by atoms with Crippen LogP contribution in [-0.2, 0) is 0 Å². The van der Waals surface area contributed by atoms with E-state index in [0.29, 0.717) is 0 Å². The highest BCUT2D eigenvalue weighted by atomic mass is 35.5. The first-order valence-electron chi connectivity index (χ1n) is 4.70. The Labute approximate surface area is 99.5 Å². The van der Waals surface area contributed by atoms with E-state index in [1.807, 2.05) is 49.4 Å². The summed E-state index contributed by atoms with van der Waals surface area (Å²) in [5.74, 6) is 0. The smallest absolute Gasteiger partial charge is 0.0514 e. The third-order valence-electron chi connectivity index (χ3n) is 2.36. The van der Waals surface area contributed by atoms with Gasteiger partial charge in [0.25, 0.3) is 0 Å². The van der Waals surface area contributed by atoms with E-state index in [9.17, 15) is 0 Å². The van der Waals surface area contributed by atoms with Gasteiger partial charge in [0.1, 0.15) is 0 Å². The average Bonchev–Trinajstić information content (AvgIpc) is 2.23. The Hall–Kier alpha value is -0.980. The summed E-state index contributed by atoms with van der Waals surface area (Å²) in [6, 6.07) is 13.7. The number of benzene rings is 2. The van der Waals surface area contributed by atoms with E-state index in [-0.39, 0.29) is 0 Å². The van der Waals surface area contributed by atoms with E-state index >= 15 is 0 Å². The van der Waals surface area contributed by atoms with Gasteiger partial charge in [0, 0.05) is 16.1 Å². The maximum atomic E-state index is 6.24. The minimum Gasteiger partial charge on any atom is -0.0837 e. The van der Waals surface area contributed by atoms with Gasteiger partial charge in [0.15, 0.2) is 0 Å². The van der Waals surface area contributed by atoms with Crippen LogP contribution in [0.25, 0.3) is 11.1 Å². The molecule has 0 aliphatic rings. The normalized spacial score (nSPS) is 10.3. The van der Waals surface area contributed by atoms with Crippen molar-refractivity contribution in [3.8, 4) is 11.1 Å². The van der Waals surface area contributed by atoms with Gasteiger partial charge < -0.3 is 0 Å². The Morgan fingerprint density at radius 1 is 0.800 bits per heavy atom. The molecule has 0 saturated carbocycles. The van der Waals surface area contributed by atoms with Gasteiger partial charge in [-0.05, 0) is 18.6 Å². The standard InChI is InChI=1S/C13H10Cl2/c1-9-5-4-7-11(13(9)15)10-6-2-3-8-12(10)14/h2-8H,1H3. The van der Waals surface area contributed by atoms with E-state index in [4.69, 9.17) is 23.2 Å². The largest absolute Gasteiger partial charge is 0.0837 e. The molecule has 0 atom stereocenters. The van der Waals surface area contributed by atoms with Crippen molar-refractivity contribution in [3.05, 3.63) is 58.1 Å². The van der Waals surface area contributed by atoms with Crippen molar-refractivity contribution in [3.63, 3.8) is 0 Å². The van der Waals surface area contributed by atoms with E-state index in [1.54, 1.807) is 0 Å². The average molecular weight is 237 g/mol. The fourth-order valence-electron chi connectivity index (χ4n) is 1.54. The summed E-state index contributed by atoms with van der Waals surface area (Å²) in [6.07, 6.45) is 0. The van der Waals surface area contributed by atoms with Gasteiger partial charge in [-0.25, -0.2) is 0 Å². The highest BCUT2D eigenvalue weighted by Gasteiger charge is 2.07. The molecular weight excluding hydrogens is 227 g/mol. The molecule has 0 radical (unpaired) electrons. The molecule has 0 aliphatic heterocycles. The van der Waals surface area contributed by atoms with Crippen LogP contribution in [-0.4, -0.2) is 0 Å². The lowest BCUT2D eigenvalue weighted by atomic mass is 10.0. The quantitative estimate of drug-likeness (QED) is 0.656. The van der Waals surface area contributed by atoms with E-state index in [2.05, 4.69) is 0 Å². The predicted octanol–water partition coefficient (Wildman–Crippen LogP) is 4.97. The molecule has 2 heteroatoms. The van der Waals surface area contributed by atoms with Gasteiger partial charge in [-0.2, -0.15) is 0 Å². The molecule has 0 saturated heterocycles. The second-order valence-corrected chi connectivity index (χ2v) is 4.20. The lowest BCUT2D eigenvalue weighted by Gasteiger charge is -2.08. The molecular formula is C13H10Cl2. The molecule has 0 spiro atoms. The Kier molecular flexibility index (Phi) is 2.99. The summed E-state index contributed by atoms with van der Waals surface area (Å²) >= 11 is 12.4. The minimum atomic E-state index is 0.727. The van der Waals surface area contributed by atoms with Crippen molar-refractivity contribution in [2.45, 2.75) is 6.92 Å². The van der Waals surface area contributed by atoms with E-state index in [0.717, 1.165) is 26.7 Å². The van der Waals surface area contributed by atoms with Gasteiger partial charge in [0.2, 0.25) is 0 Å². The lowest BCUT2D eigenvalue weighted by Crippen LogP contribution is -1.83. The fourth-order valence-corrected chi connectivity index (χ4v) is 2.00. The number of hydrogen-bond acceptors (Lipinski definition) is 0. The summed E-state index contributed by atoms with van der Waals surface area (Å²) in [4.78, 5) is 0. The van der Waals surface area contributed by atoms with Crippen molar-refractivity contribution < 1.29 is 0 Å². The number of rotatable bonds is 1. The first-order chi connectivity index (χ1) is 7.20. The lowest BCUT2D eigenvalue weighted by molar-refractivity contribution is 1.46.